The molecule has 1 aromatic rings. The van der Waals surface area contributed by atoms with Crippen molar-refractivity contribution >= 4 is 37.9 Å². The molecule has 0 unspecified atom stereocenters. The standard InChI is InChI=1S/C11H11Br2NO/c1-5-6(2)11(15)14-8-4-3-7(12)10(13)9(5)8/h3-4,7,10H,1-2H3,(H,14,15)/t7-,10-/m0/s1. The lowest BCUT2D eigenvalue weighted by atomic mass is 9.95. The van der Waals surface area contributed by atoms with Gasteiger partial charge in [0.2, 0.25) is 0 Å². The summed E-state index contributed by atoms with van der Waals surface area (Å²) < 4.78 is 0. The summed E-state index contributed by atoms with van der Waals surface area (Å²) in [4.78, 5) is 15.0. The summed E-state index contributed by atoms with van der Waals surface area (Å²) >= 11 is 7.22. The van der Waals surface area contributed by atoms with Gasteiger partial charge in [-0.3, -0.25) is 4.79 Å². The van der Waals surface area contributed by atoms with Crippen molar-refractivity contribution < 1.29 is 0 Å². The number of H-pyrrole nitrogens is 1. The zero-order valence-corrected chi connectivity index (χ0v) is 11.6. The van der Waals surface area contributed by atoms with Gasteiger partial charge in [-0.2, -0.15) is 0 Å². The zero-order chi connectivity index (χ0) is 11.2. The normalized spacial score (nSPS) is 24.0. The van der Waals surface area contributed by atoms with E-state index in [4.69, 9.17) is 0 Å². The molecule has 1 N–H and O–H groups in total. The van der Waals surface area contributed by atoms with Crippen LogP contribution in [0.3, 0.4) is 0 Å². The van der Waals surface area contributed by atoms with Crippen LogP contribution in [0.2, 0.25) is 0 Å². The van der Waals surface area contributed by atoms with Crippen LogP contribution in [0.15, 0.2) is 10.9 Å². The average molecular weight is 333 g/mol. The predicted molar refractivity (Wildman–Crippen MR) is 70.0 cm³/mol. The number of nitrogens with one attached hydrogen (secondary N) is 1. The third-order valence-electron chi connectivity index (χ3n) is 2.85. The molecule has 1 aliphatic carbocycles. The number of hydrogen-bond donors (Lipinski definition) is 1. The molecule has 0 aromatic carbocycles. The van der Waals surface area contributed by atoms with Crippen LogP contribution in [0.1, 0.15) is 27.2 Å². The number of alkyl halides is 2. The molecule has 0 amide bonds. The molecule has 15 heavy (non-hydrogen) atoms. The van der Waals surface area contributed by atoms with Crippen LogP contribution < -0.4 is 5.56 Å². The first-order valence-corrected chi connectivity index (χ1v) is 6.55. The van der Waals surface area contributed by atoms with Gasteiger partial charge < -0.3 is 4.98 Å². The van der Waals surface area contributed by atoms with E-state index in [0.717, 1.165) is 16.8 Å². The molecule has 2 rings (SSSR count). The Labute approximate surface area is 105 Å². The van der Waals surface area contributed by atoms with Gasteiger partial charge in [-0.25, -0.2) is 0 Å². The maximum atomic E-state index is 11.6. The minimum absolute atomic E-state index is 0.00335. The second kappa shape index (κ2) is 3.91. The fourth-order valence-electron chi connectivity index (χ4n) is 1.79. The first-order chi connectivity index (χ1) is 7.02. The molecule has 1 aromatic heterocycles. The molecule has 2 atom stereocenters. The summed E-state index contributed by atoms with van der Waals surface area (Å²) in [7, 11) is 0. The van der Waals surface area contributed by atoms with Crippen molar-refractivity contribution in [3.63, 3.8) is 0 Å². The molecule has 1 aliphatic rings. The van der Waals surface area contributed by atoms with E-state index in [2.05, 4.69) is 36.8 Å². The van der Waals surface area contributed by atoms with Crippen molar-refractivity contribution in [3.05, 3.63) is 38.8 Å². The molecule has 0 fully saturated rings. The van der Waals surface area contributed by atoms with Crippen molar-refractivity contribution in [3.8, 4) is 0 Å². The maximum absolute atomic E-state index is 11.6. The Balaban J connectivity index is 2.75. The predicted octanol–water partition coefficient (Wildman–Crippen LogP) is 3.22. The van der Waals surface area contributed by atoms with E-state index in [9.17, 15) is 4.79 Å². The van der Waals surface area contributed by atoms with Gasteiger partial charge in [0.15, 0.2) is 0 Å². The Morgan fingerprint density at radius 2 is 1.93 bits per heavy atom. The van der Waals surface area contributed by atoms with E-state index in [-0.39, 0.29) is 15.2 Å². The number of hydrogen-bond acceptors (Lipinski definition) is 1. The molecule has 0 spiro atoms. The summed E-state index contributed by atoms with van der Waals surface area (Å²) in [5.41, 5.74) is 3.97. The minimum atomic E-state index is 0.00335. The van der Waals surface area contributed by atoms with Crippen LogP contribution in [0.4, 0.5) is 0 Å². The first-order valence-electron chi connectivity index (χ1n) is 4.72. The van der Waals surface area contributed by atoms with Crippen LogP contribution in [0, 0.1) is 13.8 Å². The number of halogens is 2. The number of aromatic amines is 1. The van der Waals surface area contributed by atoms with Crippen LogP contribution in [-0.4, -0.2) is 9.81 Å². The molecular formula is C11H11Br2NO. The van der Waals surface area contributed by atoms with Crippen molar-refractivity contribution in [2.75, 3.05) is 0 Å². The number of fused-ring (bicyclic) bond motifs is 1. The van der Waals surface area contributed by atoms with E-state index < -0.39 is 0 Å². The van der Waals surface area contributed by atoms with Gasteiger partial charge in [0.1, 0.15) is 0 Å². The second-order valence-corrected chi connectivity index (χ2v) is 5.78. The number of pyridine rings is 1. The average Bonchev–Trinajstić information content (AvgIpc) is 2.20. The highest BCUT2D eigenvalue weighted by molar-refractivity contribution is 9.12. The lowest BCUT2D eigenvalue weighted by Gasteiger charge is -2.23. The van der Waals surface area contributed by atoms with Gasteiger partial charge in [0, 0.05) is 16.1 Å². The van der Waals surface area contributed by atoms with E-state index in [1.807, 2.05) is 26.0 Å². The third kappa shape index (κ3) is 1.74. The van der Waals surface area contributed by atoms with Gasteiger partial charge >= 0.3 is 0 Å². The van der Waals surface area contributed by atoms with Crippen molar-refractivity contribution in [2.45, 2.75) is 23.5 Å². The van der Waals surface area contributed by atoms with Gasteiger partial charge in [0.25, 0.3) is 5.56 Å². The summed E-state index contributed by atoms with van der Waals surface area (Å²) in [5, 5.41) is 0. The van der Waals surface area contributed by atoms with E-state index in [1.54, 1.807) is 0 Å². The molecule has 1 heterocycles. The topological polar surface area (TPSA) is 32.9 Å². The largest absolute Gasteiger partial charge is 0.322 e. The highest BCUT2D eigenvalue weighted by Gasteiger charge is 2.25. The molecule has 0 saturated carbocycles. The smallest absolute Gasteiger partial charge is 0.251 e. The summed E-state index contributed by atoms with van der Waals surface area (Å²) in [5.74, 6) is 0. The molecule has 4 heteroatoms. The number of aromatic nitrogens is 1. The zero-order valence-electron chi connectivity index (χ0n) is 8.47. The van der Waals surface area contributed by atoms with E-state index in [0.29, 0.717) is 0 Å². The van der Waals surface area contributed by atoms with Gasteiger partial charge in [-0.1, -0.05) is 37.9 Å². The fraction of sp³-hybridized carbons (Fsp3) is 0.364. The fourth-order valence-corrected chi connectivity index (χ4v) is 2.97. The van der Waals surface area contributed by atoms with Gasteiger partial charge in [-0.05, 0) is 31.1 Å². The van der Waals surface area contributed by atoms with Crippen LogP contribution in [0.25, 0.3) is 6.08 Å². The maximum Gasteiger partial charge on any atom is 0.251 e. The molecule has 0 aliphatic heterocycles. The third-order valence-corrected chi connectivity index (χ3v) is 5.42. The van der Waals surface area contributed by atoms with Crippen LogP contribution in [0.5, 0.6) is 0 Å². The quantitative estimate of drug-likeness (QED) is 0.727. The molecule has 2 nitrogen and oxygen atoms in total. The van der Waals surface area contributed by atoms with Crippen LogP contribution >= 0.6 is 31.9 Å². The minimum Gasteiger partial charge on any atom is -0.322 e. The Hall–Kier alpha value is -0.350. The summed E-state index contributed by atoms with van der Waals surface area (Å²) in [6, 6.07) is 0. The molecule has 80 valence electrons. The molecule has 0 radical (unpaired) electrons. The first kappa shape index (κ1) is 11.1. The number of allylic oxidation sites excluding steroid dienone is 1. The van der Waals surface area contributed by atoms with E-state index >= 15 is 0 Å². The van der Waals surface area contributed by atoms with Gasteiger partial charge in [0.05, 0.1) is 4.83 Å². The highest BCUT2D eigenvalue weighted by atomic mass is 79.9. The Bertz CT molecular complexity index is 490. The monoisotopic (exact) mass is 331 g/mol. The second-order valence-electron chi connectivity index (χ2n) is 3.74. The van der Waals surface area contributed by atoms with Crippen molar-refractivity contribution in [2.24, 2.45) is 0 Å². The molecule has 0 bridgehead atoms. The Kier molecular flexibility index (Phi) is 2.90. The lowest BCUT2D eigenvalue weighted by Crippen LogP contribution is -2.20. The highest BCUT2D eigenvalue weighted by Crippen LogP contribution is 2.39. The Morgan fingerprint density at radius 3 is 2.60 bits per heavy atom. The van der Waals surface area contributed by atoms with Gasteiger partial charge in [-0.15, -0.1) is 0 Å². The SMILES string of the molecule is Cc1c2c([nH]c(=O)c1C)C=C[C@H](Br)[C@@H]2Br. The van der Waals surface area contributed by atoms with Crippen molar-refractivity contribution in [1.82, 2.24) is 4.98 Å². The van der Waals surface area contributed by atoms with Crippen LogP contribution in [-0.2, 0) is 0 Å². The molecule has 0 saturated heterocycles. The number of rotatable bonds is 0. The summed E-state index contributed by atoms with van der Waals surface area (Å²) in [6.07, 6.45) is 3.99. The lowest BCUT2D eigenvalue weighted by molar-refractivity contribution is 0.943. The Morgan fingerprint density at radius 1 is 1.27 bits per heavy atom. The van der Waals surface area contributed by atoms with E-state index in [1.165, 1.54) is 5.56 Å². The molecular weight excluding hydrogens is 322 g/mol. The summed E-state index contributed by atoms with van der Waals surface area (Å²) in [6.45, 7) is 3.85. The van der Waals surface area contributed by atoms with Crippen molar-refractivity contribution in [1.29, 1.82) is 0 Å².